The van der Waals surface area contributed by atoms with Crippen LogP contribution in [0.1, 0.15) is 5.56 Å². The Bertz CT molecular complexity index is 830. The van der Waals surface area contributed by atoms with Crippen LogP contribution in [0.5, 0.6) is 0 Å². The van der Waals surface area contributed by atoms with Crippen molar-refractivity contribution in [2.75, 3.05) is 36.4 Å². The first-order valence-electron chi connectivity index (χ1n) is 7.69. The number of benzene rings is 1. The quantitative estimate of drug-likeness (QED) is 0.686. The second kappa shape index (κ2) is 7.89. The summed E-state index contributed by atoms with van der Waals surface area (Å²) in [5.74, 6) is 0.672. The summed E-state index contributed by atoms with van der Waals surface area (Å²) in [6.07, 6.45) is 1.67. The van der Waals surface area contributed by atoms with Crippen molar-refractivity contribution in [3.8, 4) is 6.07 Å². The Labute approximate surface area is 164 Å². The van der Waals surface area contributed by atoms with E-state index in [1.807, 2.05) is 11.0 Å². The number of amides is 2. The van der Waals surface area contributed by atoms with Gasteiger partial charge in [-0.1, -0.05) is 11.6 Å². The average molecular weight is 468 g/mol. The molecule has 0 bridgehead atoms. The lowest BCUT2D eigenvalue weighted by Gasteiger charge is -2.35. The molecule has 1 fully saturated rings. The average Bonchev–Trinajstić information content (AvgIpc) is 2.64. The van der Waals surface area contributed by atoms with Gasteiger partial charge in [-0.15, -0.1) is 0 Å². The van der Waals surface area contributed by atoms with E-state index in [0.717, 1.165) is 3.57 Å². The van der Waals surface area contributed by atoms with E-state index < -0.39 is 0 Å². The number of halogens is 2. The van der Waals surface area contributed by atoms with Crippen LogP contribution in [0.3, 0.4) is 0 Å². The highest BCUT2D eigenvalue weighted by Crippen LogP contribution is 2.24. The van der Waals surface area contributed by atoms with Crippen LogP contribution in [0.4, 0.5) is 16.3 Å². The molecule has 0 unspecified atom stereocenters. The first-order valence-corrected chi connectivity index (χ1v) is 9.15. The fraction of sp³-hybridized carbons (Fsp3) is 0.235. The van der Waals surface area contributed by atoms with E-state index in [1.165, 1.54) is 0 Å². The third kappa shape index (κ3) is 4.14. The number of nitriles is 1. The largest absolute Gasteiger partial charge is 0.352 e. The summed E-state index contributed by atoms with van der Waals surface area (Å²) < 4.78 is 1.01. The van der Waals surface area contributed by atoms with Crippen LogP contribution in [0.2, 0.25) is 5.02 Å². The van der Waals surface area contributed by atoms with Crippen LogP contribution < -0.4 is 10.2 Å². The first kappa shape index (κ1) is 17.8. The second-order valence-corrected chi connectivity index (χ2v) is 7.17. The SMILES string of the molecule is N#Cc1cccnc1N1CCN(C(=O)Nc2ccc(I)cc2Cl)CC1. The summed E-state index contributed by atoms with van der Waals surface area (Å²) in [7, 11) is 0. The molecule has 1 N–H and O–H groups in total. The molecule has 25 heavy (non-hydrogen) atoms. The zero-order chi connectivity index (χ0) is 17.8. The Morgan fingerprint density at radius 3 is 2.72 bits per heavy atom. The number of hydrogen-bond donors (Lipinski definition) is 1. The summed E-state index contributed by atoms with van der Waals surface area (Å²) in [5.41, 5.74) is 1.15. The zero-order valence-corrected chi connectivity index (χ0v) is 16.2. The second-order valence-electron chi connectivity index (χ2n) is 5.51. The van der Waals surface area contributed by atoms with Gasteiger partial charge in [-0.2, -0.15) is 5.26 Å². The number of hydrogen-bond acceptors (Lipinski definition) is 4. The Balaban J connectivity index is 1.62. The molecule has 0 saturated carbocycles. The summed E-state index contributed by atoms with van der Waals surface area (Å²) >= 11 is 8.33. The molecule has 2 amide bonds. The van der Waals surface area contributed by atoms with Crippen molar-refractivity contribution in [1.29, 1.82) is 5.26 Å². The number of nitrogens with zero attached hydrogens (tertiary/aromatic N) is 4. The lowest BCUT2D eigenvalue weighted by molar-refractivity contribution is 0.208. The van der Waals surface area contributed by atoms with E-state index in [1.54, 1.807) is 35.4 Å². The van der Waals surface area contributed by atoms with E-state index in [0.29, 0.717) is 48.3 Å². The molecule has 0 aliphatic carbocycles. The smallest absolute Gasteiger partial charge is 0.322 e. The minimum atomic E-state index is -0.177. The molecule has 2 aromatic rings. The highest BCUT2D eigenvalue weighted by molar-refractivity contribution is 14.1. The number of pyridine rings is 1. The summed E-state index contributed by atoms with van der Waals surface area (Å²) in [6.45, 7) is 2.35. The van der Waals surface area contributed by atoms with Crippen LogP contribution in [0.15, 0.2) is 36.5 Å². The summed E-state index contributed by atoms with van der Waals surface area (Å²) in [5, 5.41) is 12.6. The van der Waals surface area contributed by atoms with Crippen molar-refractivity contribution in [1.82, 2.24) is 9.88 Å². The van der Waals surface area contributed by atoms with Crippen molar-refractivity contribution in [2.45, 2.75) is 0 Å². The standard InChI is InChI=1S/C17H15ClIN5O/c18-14-10-13(19)3-4-15(14)22-17(25)24-8-6-23(7-9-24)16-12(11-20)2-1-5-21-16/h1-5,10H,6-9H2,(H,22,25). The van der Waals surface area contributed by atoms with E-state index in [4.69, 9.17) is 11.6 Å². The van der Waals surface area contributed by atoms with Crippen LogP contribution in [0, 0.1) is 14.9 Å². The molecule has 1 aliphatic heterocycles. The van der Waals surface area contributed by atoms with Gasteiger partial charge in [-0.3, -0.25) is 0 Å². The molecule has 1 aromatic heterocycles. The maximum atomic E-state index is 12.4. The molecule has 3 rings (SSSR count). The summed E-state index contributed by atoms with van der Waals surface area (Å²) in [6, 6.07) is 11.0. The number of carbonyl (C=O) groups is 1. The van der Waals surface area contributed by atoms with Crippen molar-refractivity contribution < 1.29 is 4.79 Å². The van der Waals surface area contributed by atoms with Gasteiger partial charge < -0.3 is 15.1 Å². The van der Waals surface area contributed by atoms with E-state index >= 15 is 0 Å². The van der Waals surface area contributed by atoms with Crippen LogP contribution in [0.25, 0.3) is 0 Å². The molecule has 6 nitrogen and oxygen atoms in total. The van der Waals surface area contributed by atoms with Gasteiger partial charge in [0.15, 0.2) is 0 Å². The van der Waals surface area contributed by atoms with Gasteiger partial charge >= 0.3 is 6.03 Å². The number of urea groups is 1. The number of carbonyl (C=O) groups excluding carboxylic acids is 1. The fourth-order valence-corrected chi connectivity index (χ4v) is 3.55. The Morgan fingerprint density at radius 2 is 2.04 bits per heavy atom. The van der Waals surface area contributed by atoms with Gasteiger partial charge in [0.2, 0.25) is 0 Å². The van der Waals surface area contributed by atoms with Crippen molar-refractivity contribution >= 4 is 51.7 Å². The molecule has 128 valence electrons. The minimum Gasteiger partial charge on any atom is -0.352 e. The molecular weight excluding hydrogens is 453 g/mol. The topological polar surface area (TPSA) is 72.3 Å². The lowest BCUT2D eigenvalue weighted by atomic mass is 10.2. The van der Waals surface area contributed by atoms with Crippen LogP contribution >= 0.6 is 34.2 Å². The highest BCUT2D eigenvalue weighted by Gasteiger charge is 2.23. The maximum absolute atomic E-state index is 12.4. The first-order chi connectivity index (χ1) is 12.1. The molecule has 2 heterocycles. The predicted molar refractivity (Wildman–Crippen MR) is 106 cm³/mol. The van der Waals surface area contributed by atoms with Gasteiger partial charge in [-0.05, 0) is 52.9 Å². The number of nitrogens with one attached hydrogen (secondary N) is 1. The molecule has 0 spiro atoms. The zero-order valence-electron chi connectivity index (χ0n) is 13.2. The van der Waals surface area contributed by atoms with E-state index in [2.05, 4.69) is 39.0 Å². The molecule has 1 saturated heterocycles. The van der Waals surface area contributed by atoms with E-state index in [9.17, 15) is 10.1 Å². The fourth-order valence-electron chi connectivity index (χ4n) is 2.64. The lowest BCUT2D eigenvalue weighted by Crippen LogP contribution is -2.50. The molecular formula is C17H15ClIN5O. The van der Waals surface area contributed by atoms with Crippen molar-refractivity contribution in [3.63, 3.8) is 0 Å². The molecule has 0 atom stereocenters. The van der Waals surface area contributed by atoms with Crippen molar-refractivity contribution in [3.05, 3.63) is 50.7 Å². The number of piperazine rings is 1. The summed E-state index contributed by atoms with van der Waals surface area (Å²) in [4.78, 5) is 20.5. The van der Waals surface area contributed by atoms with Gasteiger partial charge in [0.05, 0.1) is 16.3 Å². The Morgan fingerprint density at radius 1 is 1.28 bits per heavy atom. The Kier molecular flexibility index (Phi) is 5.60. The van der Waals surface area contributed by atoms with Gasteiger partial charge in [0.1, 0.15) is 11.9 Å². The van der Waals surface area contributed by atoms with Crippen LogP contribution in [-0.4, -0.2) is 42.1 Å². The molecule has 1 aromatic carbocycles. The number of aromatic nitrogens is 1. The number of anilines is 2. The minimum absolute atomic E-state index is 0.177. The van der Waals surface area contributed by atoms with Gasteiger partial charge in [0, 0.05) is 35.9 Å². The van der Waals surface area contributed by atoms with Gasteiger partial charge in [0.25, 0.3) is 0 Å². The third-order valence-corrected chi connectivity index (χ3v) is 4.93. The van der Waals surface area contributed by atoms with Gasteiger partial charge in [-0.25, -0.2) is 9.78 Å². The number of rotatable bonds is 2. The van der Waals surface area contributed by atoms with Crippen molar-refractivity contribution in [2.24, 2.45) is 0 Å². The van der Waals surface area contributed by atoms with Crippen LogP contribution in [-0.2, 0) is 0 Å². The van der Waals surface area contributed by atoms with E-state index in [-0.39, 0.29) is 6.03 Å². The predicted octanol–water partition coefficient (Wildman–Crippen LogP) is 3.57. The molecule has 1 aliphatic rings. The molecule has 0 radical (unpaired) electrons. The Hall–Kier alpha value is -2.05. The molecule has 8 heteroatoms. The monoisotopic (exact) mass is 467 g/mol. The normalized spacial score (nSPS) is 14.1. The third-order valence-electron chi connectivity index (χ3n) is 3.95. The highest BCUT2D eigenvalue weighted by atomic mass is 127. The maximum Gasteiger partial charge on any atom is 0.322 e.